The number of fused-ring (bicyclic) bond motifs is 1. The van der Waals surface area contributed by atoms with Crippen molar-refractivity contribution in [3.8, 4) is 22.8 Å². The number of aryl methyl sites for hydroxylation is 1. The highest BCUT2D eigenvalue weighted by Crippen LogP contribution is 2.39. The van der Waals surface area contributed by atoms with Crippen LogP contribution in [-0.4, -0.2) is 53.7 Å². The third-order valence-corrected chi connectivity index (χ3v) is 6.35. The number of methoxy groups -OCH3 is 1. The average Bonchev–Trinajstić information content (AvgIpc) is 3.58. The standard InChI is InChI=1S/C24H28FN5O3.ClH/c1-13-20(24(31)30-15-5-7-26-8-6-15)22-23(29-13)21(27-12-28-22)16-9-19(32-2)17(25)10-18(16)33-11-14-3-4-14;/h9-10,12,14-15,26,29H,3-8,11H2,1-2H3,(H,30,31);1H. The van der Waals surface area contributed by atoms with Crippen LogP contribution in [0.3, 0.4) is 0 Å². The lowest BCUT2D eigenvalue weighted by atomic mass is 10.1. The van der Waals surface area contributed by atoms with Crippen molar-refractivity contribution in [1.29, 1.82) is 0 Å². The molecule has 2 fully saturated rings. The Morgan fingerprint density at radius 1 is 1.18 bits per heavy atom. The van der Waals surface area contributed by atoms with E-state index in [9.17, 15) is 9.18 Å². The predicted molar refractivity (Wildman–Crippen MR) is 129 cm³/mol. The van der Waals surface area contributed by atoms with Crippen LogP contribution in [0.25, 0.3) is 22.3 Å². The molecule has 8 nitrogen and oxygen atoms in total. The quantitative estimate of drug-likeness (QED) is 0.467. The van der Waals surface area contributed by atoms with Gasteiger partial charge in [0.05, 0.1) is 24.8 Å². The molecule has 1 amide bonds. The molecule has 0 atom stereocenters. The molecular weight excluding hydrogens is 461 g/mol. The molecule has 0 radical (unpaired) electrons. The summed E-state index contributed by atoms with van der Waals surface area (Å²) in [6.45, 7) is 4.15. The number of carbonyl (C=O) groups is 1. The molecule has 34 heavy (non-hydrogen) atoms. The molecule has 1 aromatic carbocycles. The number of hydrogen-bond acceptors (Lipinski definition) is 6. The summed E-state index contributed by atoms with van der Waals surface area (Å²) in [5.74, 6) is 0.349. The molecule has 1 aliphatic heterocycles. The minimum atomic E-state index is -0.498. The van der Waals surface area contributed by atoms with Gasteiger partial charge in [0.2, 0.25) is 0 Å². The zero-order valence-electron chi connectivity index (χ0n) is 19.2. The van der Waals surface area contributed by atoms with Crippen molar-refractivity contribution in [3.63, 3.8) is 0 Å². The number of benzene rings is 1. The number of hydrogen-bond donors (Lipinski definition) is 3. The van der Waals surface area contributed by atoms with E-state index in [1.807, 2.05) is 6.92 Å². The Hall–Kier alpha value is -2.91. The van der Waals surface area contributed by atoms with E-state index in [-0.39, 0.29) is 30.1 Å². The van der Waals surface area contributed by atoms with Gasteiger partial charge in [-0.1, -0.05) is 0 Å². The van der Waals surface area contributed by atoms with E-state index in [0.29, 0.717) is 51.8 Å². The van der Waals surface area contributed by atoms with E-state index in [1.54, 1.807) is 6.07 Å². The largest absolute Gasteiger partial charge is 0.494 e. The van der Waals surface area contributed by atoms with Crippen molar-refractivity contribution in [2.45, 2.75) is 38.6 Å². The monoisotopic (exact) mass is 489 g/mol. The van der Waals surface area contributed by atoms with Gasteiger partial charge in [0.25, 0.3) is 5.91 Å². The molecule has 0 spiro atoms. The predicted octanol–water partition coefficient (Wildman–Crippen LogP) is 3.77. The molecule has 3 heterocycles. The van der Waals surface area contributed by atoms with E-state index < -0.39 is 5.82 Å². The van der Waals surface area contributed by atoms with Crippen LogP contribution in [0.5, 0.6) is 11.5 Å². The van der Waals surface area contributed by atoms with Gasteiger partial charge in [0.1, 0.15) is 23.3 Å². The molecule has 2 aromatic heterocycles. The third kappa shape index (κ3) is 4.81. The Morgan fingerprint density at radius 3 is 2.65 bits per heavy atom. The number of ether oxygens (including phenoxy) is 2. The van der Waals surface area contributed by atoms with E-state index >= 15 is 0 Å². The van der Waals surface area contributed by atoms with Crippen molar-refractivity contribution in [1.82, 2.24) is 25.6 Å². The number of halogens is 2. The van der Waals surface area contributed by atoms with Crippen molar-refractivity contribution >= 4 is 29.3 Å². The zero-order valence-corrected chi connectivity index (χ0v) is 20.1. The Labute approximate surface area is 203 Å². The molecule has 5 rings (SSSR count). The number of rotatable bonds is 7. The number of piperidine rings is 1. The number of aromatic amines is 1. The van der Waals surface area contributed by atoms with Gasteiger partial charge in [-0.15, -0.1) is 12.4 Å². The number of nitrogens with zero attached hydrogens (tertiary/aromatic N) is 2. The molecule has 3 aromatic rings. The maximum absolute atomic E-state index is 14.5. The average molecular weight is 490 g/mol. The lowest BCUT2D eigenvalue weighted by Crippen LogP contribution is -2.42. The SMILES string of the molecule is COc1cc(-c2ncnc3c(C(=O)NC4CCNCC4)c(C)[nH]c23)c(OCC2CC2)cc1F.Cl. The van der Waals surface area contributed by atoms with Gasteiger partial charge < -0.3 is 25.1 Å². The summed E-state index contributed by atoms with van der Waals surface area (Å²) in [5, 5.41) is 6.44. The number of amides is 1. The Balaban J connectivity index is 0.00000274. The van der Waals surface area contributed by atoms with E-state index in [1.165, 1.54) is 19.5 Å². The summed E-state index contributed by atoms with van der Waals surface area (Å²) in [6.07, 6.45) is 5.45. The molecule has 0 unspecified atom stereocenters. The summed E-state index contributed by atoms with van der Waals surface area (Å²) < 4.78 is 25.7. The highest BCUT2D eigenvalue weighted by Gasteiger charge is 2.26. The van der Waals surface area contributed by atoms with Crippen LogP contribution in [0.15, 0.2) is 18.5 Å². The first-order valence-electron chi connectivity index (χ1n) is 11.4. The second-order valence-corrected chi connectivity index (χ2v) is 8.81. The Bertz CT molecular complexity index is 1190. The molecule has 1 saturated heterocycles. The summed E-state index contributed by atoms with van der Waals surface area (Å²) >= 11 is 0. The first-order valence-corrected chi connectivity index (χ1v) is 11.4. The maximum Gasteiger partial charge on any atom is 0.255 e. The molecule has 1 saturated carbocycles. The van der Waals surface area contributed by atoms with Crippen molar-refractivity contribution in [2.75, 3.05) is 26.8 Å². The lowest BCUT2D eigenvalue weighted by Gasteiger charge is -2.23. The van der Waals surface area contributed by atoms with E-state index in [2.05, 4.69) is 25.6 Å². The molecule has 0 bridgehead atoms. The minimum absolute atomic E-state index is 0. The molecule has 182 valence electrons. The first-order chi connectivity index (χ1) is 16.0. The van der Waals surface area contributed by atoms with Crippen LogP contribution >= 0.6 is 12.4 Å². The highest BCUT2D eigenvalue weighted by molar-refractivity contribution is 6.09. The van der Waals surface area contributed by atoms with Crippen LogP contribution in [0.4, 0.5) is 4.39 Å². The van der Waals surface area contributed by atoms with Gasteiger partial charge in [-0.25, -0.2) is 14.4 Å². The lowest BCUT2D eigenvalue weighted by molar-refractivity contribution is 0.0930. The van der Waals surface area contributed by atoms with Gasteiger partial charge in [0, 0.05) is 23.4 Å². The normalized spacial score (nSPS) is 16.2. The van der Waals surface area contributed by atoms with Crippen molar-refractivity contribution in [3.05, 3.63) is 35.5 Å². The van der Waals surface area contributed by atoms with Crippen LogP contribution in [-0.2, 0) is 0 Å². The summed E-state index contributed by atoms with van der Waals surface area (Å²) in [5.41, 5.74) is 3.46. The fraction of sp³-hybridized carbons (Fsp3) is 0.458. The second-order valence-electron chi connectivity index (χ2n) is 8.81. The molecule has 1 aliphatic carbocycles. The van der Waals surface area contributed by atoms with Gasteiger partial charge in [-0.3, -0.25) is 4.79 Å². The second kappa shape index (κ2) is 10.1. The maximum atomic E-state index is 14.5. The topological polar surface area (TPSA) is 101 Å². The van der Waals surface area contributed by atoms with Crippen molar-refractivity contribution in [2.24, 2.45) is 5.92 Å². The summed E-state index contributed by atoms with van der Waals surface area (Å²) in [7, 11) is 1.42. The number of nitrogens with one attached hydrogen (secondary N) is 3. The number of carbonyl (C=O) groups excluding carboxylic acids is 1. The fourth-order valence-electron chi connectivity index (χ4n) is 4.32. The summed E-state index contributed by atoms with van der Waals surface area (Å²) in [4.78, 5) is 25.3. The van der Waals surface area contributed by atoms with Gasteiger partial charge in [-0.05, 0) is 57.7 Å². The highest BCUT2D eigenvalue weighted by atomic mass is 35.5. The minimum Gasteiger partial charge on any atom is -0.494 e. The van der Waals surface area contributed by atoms with Gasteiger partial charge >= 0.3 is 0 Å². The molecule has 2 aliphatic rings. The van der Waals surface area contributed by atoms with E-state index in [4.69, 9.17) is 9.47 Å². The van der Waals surface area contributed by atoms with Crippen molar-refractivity contribution < 1.29 is 18.7 Å². The van der Waals surface area contributed by atoms with E-state index in [0.717, 1.165) is 38.8 Å². The molecule has 3 N–H and O–H groups in total. The first kappa shape index (κ1) is 24.2. The number of aromatic nitrogens is 3. The van der Waals surface area contributed by atoms with Crippen LogP contribution in [0.1, 0.15) is 41.7 Å². The van der Waals surface area contributed by atoms with Gasteiger partial charge in [0.15, 0.2) is 11.6 Å². The zero-order chi connectivity index (χ0) is 22.9. The fourth-order valence-corrected chi connectivity index (χ4v) is 4.32. The Kier molecular flexibility index (Phi) is 7.23. The van der Waals surface area contributed by atoms with Crippen LogP contribution in [0.2, 0.25) is 0 Å². The summed E-state index contributed by atoms with van der Waals surface area (Å²) in [6, 6.07) is 3.06. The number of H-pyrrole nitrogens is 1. The van der Waals surface area contributed by atoms with Crippen LogP contribution < -0.4 is 20.1 Å². The Morgan fingerprint density at radius 2 is 1.94 bits per heavy atom. The van der Waals surface area contributed by atoms with Crippen LogP contribution in [0, 0.1) is 18.7 Å². The molecular formula is C24H29ClFN5O3. The van der Waals surface area contributed by atoms with Gasteiger partial charge in [-0.2, -0.15) is 0 Å². The smallest absolute Gasteiger partial charge is 0.255 e. The molecule has 10 heteroatoms. The third-order valence-electron chi connectivity index (χ3n) is 6.35.